The topological polar surface area (TPSA) is 62.7 Å². The summed E-state index contributed by atoms with van der Waals surface area (Å²) in [6, 6.07) is 7.87. The quantitative estimate of drug-likeness (QED) is 0.455. The van der Waals surface area contributed by atoms with Gasteiger partial charge in [-0.15, -0.1) is 0 Å². The van der Waals surface area contributed by atoms with E-state index in [9.17, 15) is 0 Å². The van der Waals surface area contributed by atoms with Gasteiger partial charge in [-0.3, -0.25) is 0 Å². The first-order chi connectivity index (χ1) is 14.5. The van der Waals surface area contributed by atoms with Crippen LogP contribution in [0.2, 0.25) is 0 Å². The van der Waals surface area contributed by atoms with E-state index in [0.717, 1.165) is 17.5 Å². The van der Waals surface area contributed by atoms with Gasteiger partial charge in [0, 0.05) is 18.2 Å². The lowest BCUT2D eigenvalue weighted by atomic mass is 10.0. The molecule has 0 spiro atoms. The Bertz CT molecular complexity index is 777. The Morgan fingerprint density at radius 3 is 2.23 bits per heavy atom. The van der Waals surface area contributed by atoms with Crippen molar-refractivity contribution in [1.82, 2.24) is 9.97 Å². The van der Waals surface area contributed by atoms with E-state index in [2.05, 4.69) is 16.9 Å². The molecular formula is C24H34N2O4. The van der Waals surface area contributed by atoms with Gasteiger partial charge in [-0.25, -0.2) is 9.97 Å². The van der Waals surface area contributed by atoms with Gasteiger partial charge in [0.25, 0.3) is 0 Å². The van der Waals surface area contributed by atoms with Crippen molar-refractivity contribution in [2.75, 3.05) is 20.3 Å². The van der Waals surface area contributed by atoms with E-state index < -0.39 is 11.6 Å². The summed E-state index contributed by atoms with van der Waals surface area (Å²) in [6.45, 7) is 7.05. The van der Waals surface area contributed by atoms with E-state index in [-0.39, 0.29) is 0 Å². The fraction of sp³-hybridized carbons (Fsp3) is 0.583. The number of aromatic nitrogens is 2. The molecule has 0 bridgehead atoms. The zero-order chi connectivity index (χ0) is 21.5. The summed E-state index contributed by atoms with van der Waals surface area (Å²) in [5.74, 6) is -0.204. The van der Waals surface area contributed by atoms with Crippen molar-refractivity contribution in [3.05, 3.63) is 42.2 Å². The molecule has 3 rings (SSSR count). The molecule has 6 heteroatoms. The Balaban J connectivity index is 1.54. The van der Waals surface area contributed by atoms with Crippen molar-refractivity contribution >= 4 is 0 Å². The van der Waals surface area contributed by atoms with Gasteiger partial charge in [0.05, 0.1) is 19.0 Å². The van der Waals surface area contributed by atoms with Gasteiger partial charge >= 0.3 is 0 Å². The summed E-state index contributed by atoms with van der Waals surface area (Å²) < 4.78 is 23.1. The highest BCUT2D eigenvalue weighted by molar-refractivity contribution is 5.55. The third-order valence-corrected chi connectivity index (χ3v) is 5.33. The zero-order valence-electron chi connectivity index (χ0n) is 18.6. The van der Waals surface area contributed by atoms with Gasteiger partial charge in [0.1, 0.15) is 6.61 Å². The molecule has 2 heterocycles. The minimum atomic E-state index is -0.892. The molecule has 0 amide bonds. The largest absolute Gasteiger partial charge is 0.490 e. The summed E-state index contributed by atoms with van der Waals surface area (Å²) in [5, 5.41) is 0. The van der Waals surface area contributed by atoms with Gasteiger partial charge < -0.3 is 18.9 Å². The fourth-order valence-corrected chi connectivity index (χ4v) is 3.57. The molecule has 1 aliphatic heterocycles. The smallest absolute Gasteiger partial charge is 0.221 e. The molecule has 1 fully saturated rings. The number of nitrogens with zero attached hydrogens (tertiary/aromatic N) is 2. The number of benzene rings is 1. The maximum atomic E-state index is 6.01. The summed E-state index contributed by atoms with van der Waals surface area (Å²) in [7, 11) is 1.63. The predicted octanol–water partition coefficient (Wildman–Crippen LogP) is 5.47. The third-order valence-electron chi connectivity index (χ3n) is 5.33. The molecule has 164 valence electrons. The van der Waals surface area contributed by atoms with Crippen molar-refractivity contribution in [1.29, 1.82) is 0 Å². The predicted molar refractivity (Wildman–Crippen MR) is 116 cm³/mol. The minimum Gasteiger partial charge on any atom is -0.490 e. The van der Waals surface area contributed by atoms with E-state index in [0.29, 0.717) is 24.8 Å². The Morgan fingerprint density at radius 1 is 0.967 bits per heavy atom. The molecule has 1 aromatic heterocycles. The van der Waals surface area contributed by atoms with Crippen LogP contribution in [-0.2, 0) is 20.0 Å². The average Bonchev–Trinajstić information content (AvgIpc) is 3.10. The maximum Gasteiger partial charge on any atom is 0.221 e. The molecule has 0 saturated carbocycles. The molecule has 0 aliphatic carbocycles. The molecule has 1 aliphatic rings. The number of methoxy groups -OCH3 is 1. The van der Waals surface area contributed by atoms with Gasteiger partial charge in [-0.05, 0) is 20.3 Å². The lowest BCUT2D eigenvalue weighted by Crippen LogP contribution is -2.33. The Hall–Kier alpha value is -2.02. The average molecular weight is 415 g/mol. The second-order valence-corrected chi connectivity index (χ2v) is 8.18. The van der Waals surface area contributed by atoms with Crippen LogP contribution in [0, 0.1) is 0 Å². The van der Waals surface area contributed by atoms with Crippen LogP contribution in [-0.4, -0.2) is 36.1 Å². The van der Waals surface area contributed by atoms with Crippen molar-refractivity contribution < 1.29 is 18.9 Å². The Morgan fingerprint density at radius 2 is 1.63 bits per heavy atom. The number of ether oxygens (including phenoxy) is 4. The monoisotopic (exact) mass is 414 g/mol. The van der Waals surface area contributed by atoms with Crippen LogP contribution in [0.3, 0.4) is 0 Å². The van der Waals surface area contributed by atoms with Crippen molar-refractivity contribution in [3.8, 4) is 17.1 Å². The molecule has 1 aromatic carbocycles. The number of hydrogen-bond donors (Lipinski definition) is 0. The van der Waals surface area contributed by atoms with Crippen LogP contribution < -0.4 is 4.74 Å². The first-order valence-electron chi connectivity index (χ1n) is 10.9. The highest BCUT2D eigenvalue weighted by Gasteiger charge is 2.47. The molecule has 1 saturated heterocycles. The van der Waals surface area contributed by atoms with E-state index in [4.69, 9.17) is 18.9 Å². The van der Waals surface area contributed by atoms with Crippen molar-refractivity contribution in [2.24, 2.45) is 0 Å². The van der Waals surface area contributed by atoms with Crippen LogP contribution in [0.1, 0.15) is 64.9 Å². The van der Waals surface area contributed by atoms with E-state index in [1.807, 2.05) is 38.1 Å². The SMILES string of the molecule is CCCCCCCCOc1cnc(-c2ccc([C@@]3(OC)COC(C)(C)O3)cc2)nc1. The Kier molecular flexibility index (Phi) is 7.81. The van der Waals surface area contributed by atoms with E-state index in [1.165, 1.54) is 32.1 Å². The number of hydrogen-bond acceptors (Lipinski definition) is 6. The maximum absolute atomic E-state index is 6.01. The first kappa shape index (κ1) is 22.7. The van der Waals surface area contributed by atoms with Crippen molar-refractivity contribution in [2.45, 2.75) is 70.9 Å². The molecule has 0 N–H and O–H groups in total. The highest BCUT2D eigenvalue weighted by Crippen LogP contribution is 2.39. The summed E-state index contributed by atoms with van der Waals surface area (Å²) in [6.07, 6.45) is 10.9. The lowest BCUT2D eigenvalue weighted by Gasteiger charge is -2.28. The molecule has 2 aromatic rings. The molecule has 6 nitrogen and oxygen atoms in total. The molecule has 1 atom stereocenters. The second-order valence-electron chi connectivity index (χ2n) is 8.18. The number of unbranched alkanes of at least 4 members (excludes halogenated alkanes) is 5. The van der Waals surface area contributed by atoms with Crippen molar-refractivity contribution in [3.63, 3.8) is 0 Å². The van der Waals surface area contributed by atoms with Crippen LogP contribution in [0.4, 0.5) is 0 Å². The van der Waals surface area contributed by atoms with E-state index >= 15 is 0 Å². The normalized spacial score (nSPS) is 20.4. The molecule has 0 radical (unpaired) electrons. The van der Waals surface area contributed by atoms with Crippen LogP contribution in [0.15, 0.2) is 36.7 Å². The van der Waals surface area contributed by atoms with Gasteiger partial charge in [0.15, 0.2) is 17.4 Å². The second kappa shape index (κ2) is 10.3. The Labute approximate surface area is 179 Å². The zero-order valence-corrected chi connectivity index (χ0v) is 18.6. The third kappa shape index (κ3) is 5.78. The highest BCUT2D eigenvalue weighted by atomic mass is 16.8. The summed E-state index contributed by atoms with van der Waals surface area (Å²) in [4.78, 5) is 8.91. The summed E-state index contributed by atoms with van der Waals surface area (Å²) >= 11 is 0. The molecular weight excluding hydrogens is 380 g/mol. The van der Waals surface area contributed by atoms with Crippen LogP contribution in [0.5, 0.6) is 5.75 Å². The van der Waals surface area contributed by atoms with Crippen LogP contribution >= 0.6 is 0 Å². The molecule has 30 heavy (non-hydrogen) atoms. The van der Waals surface area contributed by atoms with Gasteiger partial charge in [-0.1, -0.05) is 63.3 Å². The number of rotatable bonds is 11. The molecule has 0 unspecified atom stereocenters. The van der Waals surface area contributed by atoms with E-state index in [1.54, 1.807) is 19.5 Å². The van der Waals surface area contributed by atoms with Gasteiger partial charge in [-0.2, -0.15) is 0 Å². The van der Waals surface area contributed by atoms with Gasteiger partial charge in [0.2, 0.25) is 5.79 Å². The summed E-state index contributed by atoms with van der Waals surface area (Å²) in [5.41, 5.74) is 1.82. The fourth-order valence-electron chi connectivity index (χ4n) is 3.57. The minimum absolute atomic E-state index is 0.344. The standard InChI is InChI=1S/C24H34N2O4/c1-5-6-7-8-9-10-15-28-21-16-25-22(26-17-21)19-11-13-20(14-12-19)24(27-4)18-29-23(2,3)30-24/h11-14,16-17H,5-10,15,18H2,1-4H3/t24-/m1/s1. The lowest BCUT2D eigenvalue weighted by molar-refractivity contribution is -0.249. The van der Waals surface area contributed by atoms with Crippen LogP contribution in [0.25, 0.3) is 11.4 Å². The first-order valence-corrected chi connectivity index (χ1v) is 10.9.